The van der Waals surface area contributed by atoms with Crippen LogP contribution in [0.5, 0.6) is 0 Å². The summed E-state index contributed by atoms with van der Waals surface area (Å²) in [6.45, 7) is 0. The van der Waals surface area contributed by atoms with E-state index >= 15 is 0 Å². The number of aromatic nitrogens is 1. The van der Waals surface area contributed by atoms with E-state index in [2.05, 4.69) is 11.1 Å². The highest BCUT2D eigenvalue weighted by atomic mass is 14.7. The quantitative estimate of drug-likeness (QED) is 0.664. The van der Waals surface area contributed by atoms with Crippen molar-refractivity contribution in [1.29, 1.82) is 5.26 Å². The third-order valence-electron chi connectivity index (χ3n) is 2.93. The molecule has 1 heterocycles. The van der Waals surface area contributed by atoms with Gasteiger partial charge in [0.05, 0.1) is 11.6 Å². The molecule has 0 bridgehead atoms. The molecule has 3 rings (SSSR count). The molecule has 0 spiro atoms. The lowest BCUT2D eigenvalue weighted by molar-refractivity contribution is 1.47. The molecule has 0 aliphatic carbocycles. The highest BCUT2D eigenvalue weighted by Crippen LogP contribution is 2.30. The molecule has 3 aromatic rings. The van der Waals surface area contributed by atoms with Gasteiger partial charge in [-0.25, -0.2) is 0 Å². The third kappa shape index (κ3) is 1.49. The zero-order valence-electron chi connectivity index (χ0n) is 9.14. The Morgan fingerprint density at radius 3 is 2.59 bits per heavy atom. The van der Waals surface area contributed by atoms with E-state index in [1.807, 2.05) is 54.7 Å². The summed E-state index contributed by atoms with van der Waals surface area (Å²) in [5.41, 5.74) is 3.89. The number of nitriles is 1. The first-order chi connectivity index (χ1) is 8.40. The van der Waals surface area contributed by atoms with Crippen LogP contribution >= 0.6 is 0 Å². The van der Waals surface area contributed by atoms with E-state index in [0.717, 1.165) is 22.0 Å². The monoisotopic (exact) mass is 218 g/mol. The van der Waals surface area contributed by atoms with E-state index < -0.39 is 0 Å². The molecule has 2 heteroatoms. The fourth-order valence-electron chi connectivity index (χ4n) is 2.14. The molecule has 80 valence electrons. The molecule has 2 nitrogen and oxygen atoms in total. The maximum absolute atomic E-state index is 9.14. The molecular weight excluding hydrogens is 208 g/mol. The van der Waals surface area contributed by atoms with Crippen LogP contribution in [0.4, 0.5) is 0 Å². The summed E-state index contributed by atoms with van der Waals surface area (Å²) in [4.78, 5) is 3.18. The third-order valence-corrected chi connectivity index (χ3v) is 2.93. The van der Waals surface area contributed by atoms with Gasteiger partial charge in [0.25, 0.3) is 0 Å². The molecule has 0 aliphatic heterocycles. The zero-order chi connectivity index (χ0) is 11.7. The Kier molecular flexibility index (Phi) is 2.16. The lowest BCUT2D eigenvalue weighted by Gasteiger charge is -2.05. The van der Waals surface area contributed by atoms with E-state index in [-0.39, 0.29) is 0 Å². The summed E-state index contributed by atoms with van der Waals surface area (Å²) in [5.74, 6) is 0. The standard InChI is InChI=1S/C15H10N2/c16-10-11-4-1-2-5-12(11)13-6-3-7-15-14(13)8-9-17-15/h1-9,17H. The maximum Gasteiger partial charge on any atom is 0.0998 e. The van der Waals surface area contributed by atoms with Gasteiger partial charge in [0.2, 0.25) is 0 Å². The van der Waals surface area contributed by atoms with E-state index in [9.17, 15) is 0 Å². The smallest absolute Gasteiger partial charge is 0.0998 e. The van der Waals surface area contributed by atoms with Crippen molar-refractivity contribution >= 4 is 10.9 Å². The van der Waals surface area contributed by atoms with Crippen LogP contribution < -0.4 is 0 Å². The molecule has 0 aliphatic rings. The highest BCUT2D eigenvalue weighted by molar-refractivity contribution is 5.96. The summed E-state index contributed by atoms with van der Waals surface area (Å²) in [6, 6.07) is 18.0. The minimum Gasteiger partial charge on any atom is -0.361 e. The molecular formula is C15H10N2. The van der Waals surface area contributed by atoms with Crippen LogP contribution in [0.3, 0.4) is 0 Å². The van der Waals surface area contributed by atoms with Crippen molar-refractivity contribution < 1.29 is 0 Å². The molecule has 0 saturated heterocycles. The zero-order valence-corrected chi connectivity index (χ0v) is 9.14. The van der Waals surface area contributed by atoms with Crippen LogP contribution in [0.2, 0.25) is 0 Å². The van der Waals surface area contributed by atoms with Gasteiger partial charge in [0, 0.05) is 22.7 Å². The summed E-state index contributed by atoms with van der Waals surface area (Å²) in [6.07, 6.45) is 1.92. The molecule has 2 aromatic carbocycles. The topological polar surface area (TPSA) is 39.6 Å². The fourth-order valence-corrected chi connectivity index (χ4v) is 2.14. The lowest BCUT2D eigenvalue weighted by atomic mass is 9.97. The van der Waals surface area contributed by atoms with Gasteiger partial charge in [0.15, 0.2) is 0 Å². The molecule has 0 amide bonds. The van der Waals surface area contributed by atoms with Gasteiger partial charge in [-0.15, -0.1) is 0 Å². The summed E-state index contributed by atoms with van der Waals surface area (Å²) >= 11 is 0. The van der Waals surface area contributed by atoms with Crippen LogP contribution in [0.15, 0.2) is 54.7 Å². The maximum atomic E-state index is 9.14. The molecule has 0 fully saturated rings. The molecule has 0 unspecified atom stereocenters. The second-order valence-electron chi connectivity index (χ2n) is 3.90. The molecule has 0 atom stereocenters. The number of hydrogen-bond acceptors (Lipinski definition) is 1. The van der Waals surface area contributed by atoms with E-state index in [0.29, 0.717) is 5.56 Å². The van der Waals surface area contributed by atoms with Gasteiger partial charge in [-0.1, -0.05) is 30.3 Å². The first-order valence-electron chi connectivity index (χ1n) is 5.46. The van der Waals surface area contributed by atoms with E-state index in [1.165, 1.54) is 0 Å². The number of nitrogens with one attached hydrogen (secondary N) is 1. The van der Waals surface area contributed by atoms with Crippen LogP contribution in [-0.4, -0.2) is 4.98 Å². The molecule has 1 aromatic heterocycles. The van der Waals surface area contributed by atoms with Crippen molar-refractivity contribution in [2.45, 2.75) is 0 Å². The summed E-state index contributed by atoms with van der Waals surface area (Å²) < 4.78 is 0. The van der Waals surface area contributed by atoms with Crippen molar-refractivity contribution in [3.8, 4) is 17.2 Å². The Bertz CT molecular complexity index is 717. The molecule has 1 N–H and O–H groups in total. The van der Waals surface area contributed by atoms with Crippen LogP contribution in [0.1, 0.15) is 5.56 Å². The highest BCUT2D eigenvalue weighted by Gasteiger charge is 2.07. The Balaban J connectivity index is 2.35. The Labute approximate surface area is 99.1 Å². The minimum atomic E-state index is 0.709. The van der Waals surface area contributed by atoms with Crippen LogP contribution in [-0.2, 0) is 0 Å². The largest absolute Gasteiger partial charge is 0.361 e. The number of H-pyrrole nitrogens is 1. The van der Waals surface area contributed by atoms with E-state index in [4.69, 9.17) is 5.26 Å². The van der Waals surface area contributed by atoms with Crippen molar-refractivity contribution in [1.82, 2.24) is 4.98 Å². The van der Waals surface area contributed by atoms with Gasteiger partial charge in [0.1, 0.15) is 0 Å². The number of nitrogens with zero attached hydrogens (tertiary/aromatic N) is 1. The second-order valence-corrected chi connectivity index (χ2v) is 3.90. The van der Waals surface area contributed by atoms with E-state index in [1.54, 1.807) is 0 Å². The Morgan fingerprint density at radius 1 is 0.882 bits per heavy atom. The van der Waals surface area contributed by atoms with Gasteiger partial charge in [-0.2, -0.15) is 5.26 Å². The average Bonchev–Trinajstić information content (AvgIpc) is 2.86. The van der Waals surface area contributed by atoms with Gasteiger partial charge in [-0.05, 0) is 23.8 Å². The van der Waals surface area contributed by atoms with Gasteiger partial charge >= 0.3 is 0 Å². The molecule has 17 heavy (non-hydrogen) atoms. The second kappa shape index (κ2) is 3.80. The number of benzene rings is 2. The van der Waals surface area contributed by atoms with Gasteiger partial charge in [-0.3, -0.25) is 0 Å². The lowest BCUT2D eigenvalue weighted by Crippen LogP contribution is -1.84. The number of aromatic amines is 1. The van der Waals surface area contributed by atoms with Crippen LogP contribution in [0, 0.1) is 11.3 Å². The number of fused-ring (bicyclic) bond motifs is 1. The number of hydrogen-bond donors (Lipinski definition) is 1. The van der Waals surface area contributed by atoms with Gasteiger partial charge < -0.3 is 4.98 Å². The SMILES string of the molecule is N#Cc1ccccc1-c1cccc2[nH]ccc12. The summed E-state index contributed by atoms with van der Waals surface area (Å²) in [7, 11) is 0. The predicted octanol–water partition coefficient (Wildman–Crippen LogP) is 3.71. The first kappa shape index (κ1) is 9.68. The van der Waals surface area contributed by atoms with Crippen LogP contribution in [0.25, 0.3) is 22.0 Å². The molecule has 0 saturated carbocycles. The van der Waals surface area contributed by atoms with Crippen molar-refractivity contribution in [3.63, 3.8) is 0 Å². The first-order valence-corrected chi connectivity index (χ1v) is 5.46. The fraction of sp³-hybridized carbons (Fsp3) is 0. The van der Waals surface area contributed by atoms with Crippen molar-refractivity contribution in [2.24, 2.45) is 0 Å². The predicted molar refractivity (Wildman–Crippen MR) is 68.4 cm³/mol. The average molecular weight is 218 g/mol. The Hall–Kier alpha value is -2.53. The molecule has 0 radical (unpaired) electrons. The van der Waals surface area contributed by atoms with Crippen molar-refractivity contribution in [3.05, 3.63) is 60.3 Å². The normalized spacial score (nSPS) is 10.3. The summed E-state index contributed by atoms with van der Waals surface area (Å²) in [5, 5.41) is 10.3. The van der Waals surface area contributed by atoms with Crippen molar-refractivity contribution in [2.75, 3.05) is 0 Å². The minimum absolute atomic E-state index is 0.709. The number of rotatable bonds is 1. The Morgan fingerprint density at radius 2 is 1.71 bits per heavy atom.